The molecule has 0 saturated heterocycles. The summed E-state index contributed by atoms with van der Waals surface area (Å²) in [5.74, 6) is 0. The Morgan fingerprint density at radius 1 is 0.500 bits per heavy atom. The van der Waals surface area contributed by atoms with E-state index in [1.54, 1.807) is 0 Å². The predicted octanol–water partition coefficient (Wildman–Crippen LogP) is 1.86. The third kappa shape index (κ3) is 5.86. The number of hydrogen-bond donors (Lipinski definition) is 0. The van der Waals surface area contributed by atoms with E-state index in [9.17, 15) is 0 Å². The fraction of sp³-hybridized carbons (Fsp3) is 1.00. The molecule has 0 aromatic rings. The molecule has 0 aliphatic carbocycles. The lowest BCUT2D eigenvalue weighted by molar-refractivity contribution is 0.564. The van der Waals surface area contributed by atoms with Crippen LogP contribution in [-0.2, 0) is 0 Å². The second-order valence-electron chi connectivity index (χ2n) is 4.58. The highest BCUT2D eigenvalue weighted by Gasteiger charge is 2.19. The average Bonchev–Trinajstić information content (AvgIpc) is 2.09. The van der Waals surface area contributed by atoms with Gasteiger partial charge in [0, 0.05) is 28.8 Å². The van der Waals surface area contributed by atoms with Gasteiger partial charge >= 0.3 is 0 Å². The van der Waals surface area contributed by atoms with Crippen LogP contribution in [0.25, 0.3) is 0 Å². The monoisotopic (exact) mass is 266 g/mol. The maximum absolute atomic E-state index is 2.36. The van der Waals surface area contributed by atoms with E-state index in [2.05, 4.69) is 75.1 Å². The van der Waals surface area contributed by atoms with Crippen LogP contribution < -0.4 is 0 Å². The number of rotatable bonds is 7. The third-order valence-electron chi connectivity index (χ3n) is 2.35. The maximum atomic E-state index is 2.36. The first-order valence-electron chi connectivity index (χ1n) is 5.51. The van der Waals surface area contributed by atoms with Crippen LogP contribution >= 0.6 is 16.4 Å². The molecule has 6 heteroatoms. The van der Waals surface area contributed by atoms with Crippen LogP contribution in [0.2, 0.25) is 0 Å². The second kappa shape index (κ2) is 7.92. The van der Waals surface area contributed by atoms with Gasteiger partial charge in [0.2, 0.25) is 0 Å². The standard InChI is InChI=1S/C10H28N4P2/c1-11(2)15(12(3)4)9-10-16(13(5)6)14(7)8/h9-10H2,1-8H3. The lowest BCUT2D eigenvalue weighted by Gasteiger charge is -2.35. The summed E-state index contributed by atoms with van der Waals surface area (Å²) in [7, 11) is 17.2. The second-order valence-corrected chi connectivity index (χ2v) is 10.2. The van der Waals surface area contributed by atoms with Crippen molar-refractivity contribution in [3.63, 3.8) is 0 Å². The summed E-state index contributed by atoms with van der Waals surface area (Å²) in [6.07, 6.45) is 2.55. The van der Waals surface area contributed by atoms with E-state index in [1.165, 1.54) is 12.3 Å². The molecule has 98 valence electrons. The van der Waals surface area contributed by atoms with Gasteiger partial charge in [-0.1, -0.05) is 0 Å². The Bertz CT molecular complexity index is 150. The van der Waals surface area contributed by atoms with E-state index >= 15 is 0 Å². The van der Waals surface area contributed by atoms with Crippen LogP contribution in [0.1, 0.15) is 0 Å². The Morgan fingerprint density at radius 2 is 0.688 bits per heavy atom. The van der Waals surface area contributed by atoms with Gasteiger partial charge in [0.05, 0.1) is 0 Å². The van der Waals surface area contributed by atoms with Gasteiger partial charge in [-0.05, 0) is 56.4 Å². The Kier molecular flexibility index (Phi) is 8.26. The molecule has 0 saturated carbocycles. The van der Waals surface area contributed by atoms with Crippen LogP contribution in [0.5, 0.6) is 0 Å². The highest BCUT2D eigenvalue weighted by molar-refractivity contribution is 7.56. The van der Waals surface area contributed by atoms with Crippen LogP contribution in [0, 0.1) is 0 Å². The summed E-state index contributed by atoms with van der Waals surface area (Å²) in [6, 6.07) is 0. The van der Waals surface area contributed by atoms with Crippen molar-refractivity contribution in [2.75, 3.05) is 68.7 Å². The molecule has 0 spiro atoms. The first kappa shape index (κ1) is 16.7. The lowest BCUT2D eigenvalue weighted by atomic mass is 11.0. The molecule has 0 N–H and O–H groups in total. The fourth-order valence-corrected chi connectivity index (χ4v) is 6.16. The molecular formula is C10H28N4P2. The smallest absolute Gasteiger partial charge is 0.0388 e. The predicted molar refractivity (Wildman–Crippen MR) is 78.3 cm³/mol. The first-order valence-corrected chi connectivity index (χ1v) is 8.38. The van der Waals surface area contributed by atoms with E-state index in [1.807, 2.05) is 0 Å². The summed E-state index contributed by atoms with van der Waals surface area (Å²) >= 11 is 0. The van der Waals surface area contributed by atoms with E-state index in [4.69, 9.17) is 0 Å². The van der Waals surface area contributed by atoms with Gasteiger partial charge < -0.3 is 0 Å². The van der Waals surface area contributed by atoms with Gasteiger partial charge in [-0.2, -0.15) is 0 Å². The zero-order valence-electron chi connectivity index (χ0n) is 12.1. The van der Waals surface area contributed by atoms with Crippen LogP contribution in [0.4, 0.5) is 0 Å². The minimum Gasteiger partial charge on any atom is -0.276 e. The van der Waals surface area contributed by atoms with Gasteiger partial charge in [0.25, 0.3) is 0 Å². The molecule has 0 aromatic heterocycles. The molecule has 4 nitrogen and oxygen atoms in total. The molecule has 0 aliphatic heterocycles. The molecule has 0 heterocycles. The molecule has 0 aromatic carbocycles. The average molecular weight is 266 g/mol. The Hall–Kier alpha value is 0.700. The number of hydrogen-bond acceptors (Lipinski definition) is 4. The Morgan fingerprint density at radius 3 is 0.812 bits per heavy atom. The largest absolute Gasteiger partial charge is 0.276 e. The molecule has 0 atom stereocenters. The zero-order valence-corrected chi connectivity index (χ0v) is 13.9. The third-order valence-corrected chi connectivity index (χ3v) is 7.64. The fourth-order valence-electron chi connectivity index (χ4n) is 1.69. The molecule has 0 bridgehead atoms. The van der Waals surface area contributed by atoms with Crippen molar-refractivity contribution >= 4 is 16.4 Å². The molecule has 0 aliphatic rings. The van der Waals surface area contributed by atoms with Gasteiger partial charge in [0.1, 0.15) is 0 Å². The number of nitrogens with zero attached hydrogens (tertiary/aromatic N) is 4. The molecule has 0 unspecified atom stereocenters. The van der Waals surface area contributed by atoms with Crippen LogP contribution in [-0.4, -0.2) is 87.4 Å². The molecular weight excluding hydrogens is 238 g/mol. The van der Waals surface area contributed by atoms with E-state index < -0.39 is 0 Å². The molecule has 0 rings (SSSR count). The highest BCUT2D eigenvalue weighted by atomic mass is 31.1. The summed E-state index contributed by atoms with van der Waals surface area (Å²) in [5, 5.41) is 0. The van der Waals surface area contributed by atoms with Gasteiger partial charge in [-0.15, -0.1) is 0 Å². The normalized spacial score (nSPS) is 13.1. The minimum atomic E-state index is -0.131. The van der Waals surface area contributed by atoms with Crippen molar-refractivity contribution in [1.82, 2.24) is 18.7 Å². The van der Waals surface area contributed by atoms with Crippen molar-refractivity contribution in [1.29, 1.82) is 0 Å². The SMILES string of the molecule is CN(C)P(CCP(N(C)C)N(C)C)N(C)C. The zero-order chi connectivity index (χ0) is 12.9. The van der Waals surface area contributed by atoms with Crippen LogP contribution in [0.15, 0.2) is 0 Å². The molecule has 16 heavy (non-hydrogen) atoms. The van der Waals surface area contributed by atoms with Crippen molar-refractivity contribution < 1.29 is 0 Å². The summed E-state index contributed by atoms with van der Waals surface area (Å²) < 4.78 is 9.42. The van der Waals surface area contributed by atoms with Crippen molar-refractivity contribution in [2.24, 2.45) is 0 Å². The van der Waals surface area contributed by atoms with E-state index in [-0.39, 0.29) is 16.4 Å². The Balaban J connectivity index is 4.27. The Labute approximate surface area is 104 Å². The summed E-state index contributed by atoms with van der Waals surface area (Å²) in [5.41, 5.74) is 0. The van der Waals surface area contributed by atoms with Gasteiger partial charge in [-0.25, -0.2) is 0 Å². The highest BCUT2D eigenvalue weighted by Crippen LogP contribution is 2.46. The minimum absolute atomic E-state index is 0.131. The topological polar surface area (TPSA) is 13.0 Å². The van der Waals surface area contributed by atoms with Crippen LogP contribution in [0.3, 0.4) is 0 Å². The van der Waals surface area contributed by atoms with Gasteiger partial charge in [0.15, 0.2) is 0 Å². The maximum Gasteiger partial charge on any atom is 0.0388 e. The van der Waals surface area contributed by atoms with Gasteiger partial charge in [-0.3, -0.25) is 18.7 Å². The summed E-state index contributed by atoms with van der Waals surface area (Å²) in [4.78, 5) is 0. The van der Waals surface area contributed by atoms with Crippen molar-refractivity contribution in [3.8, 4) is 0 Å². The van der Waals surface area contributed by atoms with Crippen molar-refractivity contribution in [2.45, 2.75) is 0 Å². The summed E-state index contributed by atoms with van der Waals surface area (Å²) in [6.45, 7) is 0. The van der Waals surface area contributed by atoms with E-state index in [0.717, 1.165) is 0 Å². The lowest BCUT2D eigenvalue weighted by Crippen LogP contribution is -2.24. The van der Waals surface area contributed by atoms with Crippen molar-refractivity contribution in [3.05, 3.63) is 0 Å². The molecule has 0 radical (unpaired) electrons. The molecule has 0 fully saturated rings. The first-order chi connectivity index (χ1) is 7.27. The quantitative estimate of drug-likeness (QED) is 0.652. The van der Waals surface area contributed by atoms with E-state index in [0.29, 0.717) is 0 Å². The molecule has 0 amide bonds.